The molecule has 0 saturated heterocycles. The molecule has 3 rings (SSSR count). The van der Waals surface area contributed by atoms with Crippen molar-refractivity contribution in [2.75, 3.05) is 17.7 Å². The lowest BCUT2D eigenvalue weighted by molar-refractivity contribution is 0.102. The molecule has 132 valence electrons. The Bertz CT molecular complexity index is 892. The second-order valence-corrected chi connectivity index (χ2v) is 5.82. The van der Waals surface area contributed by atoms with Gasteiger partial charge in [-0.15, -0.1) is 0 Å². The van der Waals surface area contributed by atoms with Gasteiger partial charge in [-0.2, -0.15) is 0 Å². The van der Waals surface area contributed by atoms with Gasteiger partial charge in [0.25, 0.3) is 5.91 Å². The number of carbonyl (C=O) groups is 1. The number of methoxy groups -OCH3 is 1. The second-order valence-electron chi connectivity index (χ2n) is 5.82. The molecule has 3 aromatic rings. The molecule has 0 bridgehead atoms. The fraction of sp³-hybridized carbons (Fsp3) is 0.143. The fourth-order valence-corrected chi connectivity index (χ4v) is 2.53. The van der Waals surface area contributed by atoms with E-state index in [1.54, 1.807) is 25.6 Å². The zero-order valence-corrected chi connectivity index (χ0v) is 14.8. The van der Waals surface area contributed by atoms with Crippen LogP contribution in [0.5, 0.6) is 5.75 Å². The summed E-state index contributed by atoms with van der Waals surface area (Å²) in [4.78, 5) is 16.6. The highest BCUT2D eigenvalue weighted by atomic mass is 16.5. The van der Waals surface area contributed by atoms with E-state index in [2.05, 4.69) is 22.5 Å². The Hall–Kier alpha value is -3.34. The number of hydrogen-bond acceptors (Lipinski definition) is 4. The molecule has 2 N–H and O–H groups in total. The highest BCUT2D eigenvalue weighted by Gasteiger charge is 2.08. The number of hydrogen-bond donors (Lipinski definition) is 2. The van der Waals surface area contributed by atoms with Crippen molar-refractivity contribution in [1.29, 1.82) is 0 Å². The normalized spacial score (nSPS) is 10.2. The molecule has 0 unspecified atom stereocenters. The zero-order valence-electron chi connectivity index (χ0n) is 14.8. The molecule has 2 aromatic carbocycles. The molecular weight excluding hydrogens is 326 g/mol. The first-order valence-electron chi connectivity index (χ1n) is 8.44. The van der Waals surface area contributed by atoms with Crippen LogP contribution in [-0.2, 0) is 6.42 Å². The Morgan fingerprint density at radius 3 is 2.54 bits per heavy atom. The fourth-order valence-electron chi connectivity index (χ4n) is 2.53. The molecule has 0 atom stereocenters. The van der Waals surface area contributed by atoms with Gasteiger partial charge >= 0.3 is 0 Å². The van der Waals surface area contributed by atoms with E-state index in [4.69, 9.17) is 4.74 Å². The van der Waals surface area contributed by atoms with Crippen LogP contribution in [0.25, 0.3) is 0 Å². The van der Waals surface area contributed by atoms with Crippen LogP contribution in [0.1, 0.15) is 22.8 Å². The van der Waals surface area contributed by atoms with Crippen molar-refractivity contribution in [1.82, 2.24) is 4.98 Å². The molecule has 5 heteroatoms. The van der Waals surface area contributed by atoms with Crippen LogP contribution in [0, 0.1) is 0 Å². The van der Waals surface area contributed by atoms with Gasteiger partial charge < -0.3 is 15.4 Å². The summed E-state index contributed by atoms with van der Waals surface area (Å²) >= 11 is 0. The van der Waals surface area contributed by atoms with Crippen molar-refractivity contribution in [3.63, 3.8) is 0 Å². The minimum absolute atomic E-state index is 0.198. The maximum atomic E-state index is 12.5. The van der Waals surface area contributed by atoms with Crippen LogP contribution in [0.4, 0.5) is 17.1 Å². The lowest BCUT2D eigenvalue weighted by atomic mass is 10.1. The summed E-state index contributed by atoms with van der Waals surface area (Å²) < 4.78 is 5.22. The molecule has 0 fully saturated rings. The van der Waals surface area contributed by atoms with E-state index in [0.29, 0.717) is 5.56 Å². The minimum Gasteiger partial charge on any atom is -0.497 e. The van der Waals surface area contributed by atoms with Crippen LogP contribution < -0.4 is 15.4 Å². The molecule has 5 nitrogen and oxygen atoms in total. The Labute approximate surface area is 153 Å². The van der Waals surface area contributed by atoms with Crippen molar-refractivity contribution in [2.45, 2.75) is 13.3 Å². The summed E-state index contributed by atoms with van der Waals surface area (Å²) in [6, 6.07) is 17.2. The maximum absolute atomic E-state index is 12.5. The van der Waals surface area contributed by atoms with Crippen LogP contribution in [0.2, 0.25) is 0 Å². The number of ether oxygens (including phenoxy) is 1. The summed E-state index contributed by atoms with van der Waals surface area (Å²) in [6.07, 6.45) is 4.19. The number of aryl methyl sites for hydroxylation is 1. The first-order chi connectivity index (χ1) is 12.7. The monoisotopic (exact) mass is 347 g/mol. The van der Waals surface area contributed by atoms with Gasteiger partial charge in [0.2, 0.25) is 0 Å². The van der Waals surface area contributed by atoms with Crippen LogP contribution in [0.15, 0.2) is 67.0 Å². The van der Waals surface area contributed by atoms with Gasteiger partial charge in [-0.05, 0) is 42.3 Å². The Kier molecular flexibility index (Phi) is 5.49. The molecule has 1 aromatic heterocycles. The van der Waals surface area contributed by atoms with E-state index < -0.39 is 0 Å². The van der Waals surface area contributed by atoms with Crippen molar-refractivity contribution in [2.24, 2.45) is 0 Å². The predicted molar refractivity (Wildman–Crippen MR) is 104 cm³/mol. The Morgan fingerprint density at radius 2 is 1.81 bits per heavy atom. The molecule has 0 saturated carbocycles. The zero-order chi connectivity index (χ0) is 18.4. The average molecular weight is 347 g/mol. The number of aromatic nitrogens is 1. The van der Waals surface area contributed by atoms with E-state index in [-0.39, 0.29) is 5.91 Å². The first-order valence-corrected chi connectivity index (χ1v) is 8.44. The largest absolute Gasteiger partial charge is 0.497 e. The van der Waals surface area contributed by atoms with E-state index in [1.165, 1.54) is 5.56 Å². The summed E-state index contributed by atoms with van der Waals surface area (Å²) in [7, 11) is 1.62. The number of nitrogens with one attached hydrogen (secondary N) is 2. The van der Waals surface area contributed by atoms with E-state index in [1.807, 2.05) is 48.5 Å². The smallest absolute Gasteiger partial charge is 0.257 e. The van der Waals surface area contributed by atoms with E-state index in [0.717, 1.165) is 29.2 Å². The van der Waals surface area contributed by atoms with Gasteiger partial charge in [-0.25, -0.2) is 0 Å². The maximum Gasteiger partial charge on any atom is 0.257 e. The minimum atomic E-state index is -0.198. The van der Waals surface area contributed by atoms with Crippen molar-refractivity contribution < 1.29 is 9.53 Å². The van der Waals surface area contributed by atoms with E-state index >= 15 is 0 Å². The lowest BCUT2D eigenvalue weighted by Crippen LogP contribution is -2.12. The third-order valence-corrected chi connectivity index (χ3v) is 3.98. The van der Waals surface area contributed by atoms with Crippen LogP contribution in [0.3, 0.4) is 0 Å². The first kappa shape index (κ1) is 17.5. The Balaban J connectivity index is 1.72. The van der Waals surface area contributed by atoms with Crippen molar-refractivity contribution in [3.8, 4) is 5.75 Å². The van der Waals surface area contributed by atoms with Gasteiger partial charge in [-0.3, -0.25) is 9.78 Å². The third kappa shape index (κ3) is 4.39. The summed E-state index contributed by atoms with van der Waals surface area (Å²) in [5, 5.41) is 6.12. The summed E-state index contributed by atoms with van der Waals surface area (Å²) in [6.45, 7) is 2.10. The topological polar surface area (TPSA) is 63.2 Å². The van der Waals surface area contributed by atoms with Crippen molar-refractivity contribution >= 4 is 23.0 Å². The average Bonchev–Trinajstić information content (AvgIpc) is 2.69. The van der Waals surface area contributed by atoms with Gasteiger partial charge in [0, 0.05) is 23.6 Å². The molecule has 1 heterocycles. The highest BCUT2D eigenvalue weighted by molar-refractivity contribution is 6.04. The van der Waals surface area contributed by atoms with Crippen molar-refractivity contribution in [3.05, 3.63) is 78.1 Å². The molecule has 0 spiro atoms. The molecule has 1 amide bonds. The quantitative estimate of drug-likeness (QED) is 0.681. The number of anilines is 3. The lowest BCUT2D eigenvalue weighted by Gasteiger charge is -2.10. The number of amides is 1. The standard InChI is InChI=1S/C21H21N3O2/c1-3-15-7-9-17(10-8-15)24-21(25)16-11-19(14-22-13-16)23-18-5-4-6-20(12-18)26-2/h4-14,23H,3H2,1-2H3,(H,24,25). The van der Waals surface area contributed by atoms with Crippen LogP contribution in [-0.4, -0.2) is 18.0 Å². The summed E-state index contributed by atoms with van der Waals surface area (Å²) in [5.74, 6) is 0.559. The second kappa shape index (κ2) is 8.16. The highest BCUT2D eigenvalue weighted by Crippen LogP contribution is 2.21. The van der Waals surface area contributed by atoms with Crippen LogP contribution >= 0.6 is 0 Å². The van der Waals surface area contributed by atoms with Gasteiger partial charge in [0.1, 0.15) is 5.75 Å². The van der Waals surface area contributed by atoms with Gasteiger partial charge in [-0.1, -0.05) is 25.1 Å². The SMILES string of the molecule is CCc1ccc(NC(=O)c2cncc(Nc3cccc(OC)c3)c2)cc1. The predicted octanol–water partition coefficient (Wildman–Crippen LogP) is 4.65. The molecule has 0 aliphatic rings. The van der Waals surface area contributed by atoms with E-state index in [9.17, 15) is 4.79 Å². The molecule has 0 aliphatic heterocycles. The number of benzene rings is 2. The molecule has 26 heavy (non-hydrogen) atoms. The molecular formula is C21H21N3O2. The number of rotatable bonds is 6. The molecule has 0 radical (unpaired) electrons. The van der Waals surface area contributed by atoms with Gasteiger partial charge in [0.05, 0.1) is 24.6 Å². The third-order valence-electron chi connectivity index (χ3n) is 3.98. The number of carbonyl (C=O) groups excluding carboxylic acids is 1. The number of nitrogens with zero attached hydrogens (tertiary/aromatic N) is 1. The van der Waals surface area contributed by atoms with Gasteiger partial charge in [0.15, 0.2) is 0 Å². The number of pyridine rings is 1. The summed E-state index contributed by atoms with van der Waals surface area (Å²) in [5.41, 5.74) is 4.07. The molecule has 0 aliphatic carbocycles. The Morgan fingerprint density at radius 1 is 1.00 bits per heavy atom.